The molecule has 3 amide bonds. The molecule has 0 bridgehead atoms. The van der Waals surface area contributed by atoms with Gasteiger partial charge in [0, 0.05) is 31.5 Å². The van der Waals surface area contributed by atoms with Crippen LogP contribution in [-0.2, 0) is 56.2 Å². The molecule has 4 fully saturated rings. The number of alkyl halides is 3. The van der Waals surface area contributed by atoms with Crippen molar-refractivity contribution in [3.63, 3.8) is 0 Å². The van der Waals surface area contributed by atoms with Gasteiger partial charge in [0.15, 0.2) is 0 Å². The maximum absolute atomic E-state index is 13.6. The first kappa shape index (κ1) is 59.3. The number of benzene rings is 2. The van der Waals surface area contributed by atoms with E-state index in [4.69, 9.17) is 25.9 Å². The lowest BCUT2D eigenvalue weighted by atomic mass is 9.93. The van der Waals surface area contributed by atoms with E-state index in [9.17, 15) is 41.9 Å². The number of esters is 2. The SMILES string of the molecule is C.CC(C)C(=O)Cl.CC(C)C[C@H](C(=O)OCc1ccccc1)N1CC[C@]2(CCCN2)C1=O.CC(C)C[C@H](C(=O)OCc1ccccc1)N1CC[C@]2(CCCN2C(=O)C(C)C)C1=O.O=CC(F)(F)F. The number of amides is 3. The summed E-state index contributed by atoms with van der Waals surface area (Å²) in [6, 6.07) is 18.1. The summed E-state index contributed by atoms with van der Waals surface area (Å²) < 4.78 is 42.4. The number of ether oxygens (including phenoxy) is 2. The van der Waals surface area contributed by atoms with Crippen molar-refractivity contribution in [2.24, 2.45) is 23.7 Å². The van der Waals surface area contributed by atoms with E-state index < -0.39 is 35.6 Å². The summed E-state index contributed by atoms with van der Waals surface area (Å²) in [5.74, 6) is -0.261. The summed E-state index contributed by atoms with van der Waals surface area (Å²) in [6.07, 6.45) is 0.246. The molecule has 4 aliphatic heterocycles. The van der Waals surface area contributed by atoms with Gasteiger partial charge in [-0.2, -0.15) is 13.2 Å². The molecule has 4 saturated heterocycles. The zero-order valence-corrected chi connectivity index (χ0v) is 41.0. The van der Waals surface area contributed by atoms with E-state index in [1.54, 1.807) is 28.5 Å². The van der Waals surface area contributed by atoms with Crippen molar-refractivity contribution in [3.05, 3.63) is 71.8 Å². The summed E-state index contributed by atoms with van der Waals surface area (Å²) in [7, 11) is 0. The Bertz CT molecular complexity index is 1950. The Hall–Kier alpha value is -4.83. The van der Waals surface area contributed by atoms with Gasteiger partial charge < -0.3 is 29.5 Å². The number of rotatable bonds is 14. The standard InChI is InChI=1S/C24H34N2O4.C20H28N2O3.C4H7ClO.C2HF3O.CH4/c1-17(2)15-20(22(28)30-16-19-9-6-5-7-10-19)25-14-12-24(23(25)29)11-8-13-26(24)21(27)18(3)4;1-15(2)13-17(18(23)25-14-16-7-4-3-5-8-16)22-12-10-20(19(22)24)9-6-11-21-20;1-3(2)4(5)6;3-2(4,5)1-6;/h5-7,9-10,17-18,20H,8,11-16H2,1-4H3;3-5,7-8,15,17,21H,6,9-14H2,1-2H3;3H,1-2H3;1H;1H4/t20-,24-;17-,20-;;;/m11.../s1. The average molecular weight is 980 g/mol. The van der Waals surface area contributed by atoms with Crippen molar-refractivity contribution in [2.45, 2.75) is 157 Å². The molecule has 2 aromatic rings. The maximum atomic E-state index is 13.6. The molecule has 0 aromatic heterocycles. The molecule has 4 aliphatic rings. The van der Waals surface area contributed by atoms with Gasteiger partial charge in [-0.1, -0.05) is 123 Å². The fourth-order valence-corrected chi connectivity index (χ4v) is 8.61. The topological polar surface area (TPSA) is 160 Å². The molecule has 17 heteroatoms. The third kappa shape index (κ3) is 17.0. The van der Waals surface area contributed by atoms with Gasteiger partial charge in [0.1, 0.15) is 30.8 Å². The highest BCUT2D eigenvalue weighted by atomic mass is 35.5. The Kier molecular flexibility index (Phi) is 23.9. The van der Waals surface area contributed by atoms with Gasteiger partial charge in [0.2, 0.25) is 29.3 Å². The van der Waals surface area contributed by atoms with Crippen molar-refractivity contribution in [1.29, 1.82) is 0 Å². The van der Waals surface area contributed by atoms with Crippen LogP contribution in [0.15, 0.2) is 60.7 Å². The van der Waals surface area contributed by atoms with Gasteiger partial charge in [0.25, 0.3) is 0 Å². The Morgan fingerprint density at radius 1 is 0.691 bits per heavy atom. The summed E-state index contributed by atoms with van der Waals surface area (Å²) in [6.45, 7) is 18.5. The van der Waals surface area contributed by atoms with Gasteiger partial charge in [0.05, 0.1) is 5.54 Å². The van der Waals surface area contributed by atoms with E-state index in [-0.39, 0.29) is 73.3 Å². The number of carbonyl (C=O) groups is 7. The van der Waals surface area contributed by atoms with Crippen molar-refractivity contribution >= 4 is 52.8 Å². The second kappa shape index (κ2) is 27.4. The first-order valence-electron chi connectivity index (χ1n) is 23.3. The molecule has 2 spiro atoms. The monoisotopic (exact) mass is 979 g/mol. The molecule has 68 heavy (non-hydrogen) atoms. The van der Waals surface area contributed by atoms with E-state index in [1.165, 1.54) is 0 Å². The minimum atomic E-state index is -4.64. The number of nitrogens with zero attached hydrogens (tertiary/aromatic N) is 3. The molecule has 380 valence electrons. The second-order valence-corrected chi connectivity index (χ2v) is 19.4. The molecular formula is C51H74ClF3N4O9. The van der Waals surface area contributed by atoms with E-state index in [0.29, 0.717) is 51.2 Å². The van der Waals surface area contributed by atoms with Crippen LogP contribution in [0.2, 0.25) is 0 Å². The number of hydrogen-bond donors (Lipinski definition) is 1. The molecule has 4 heterocycles. The molecule has 13 nitrogen and oxygen atoms in total. The van der Waals surface area contributed by atoms with Crippen molar-refractivity contribution < 1.29 is 56.2 Å². The molecular weight excluding hydrogens is 905 g/mol. The van der Waals surface area contributed by atoms with Gasteiger partial charge in [-0.25, -0.2) is 9.59 Å². The van der Waals surface area contributed by atoms with Crippen LogP contribution < -0.4 is 5.32 Å². The van der Waals surface area contributed by atoms with Crippen LogP contribution in [0.4, 0.5) is 13.2 Å². The van der Waals surface area contributed by atoms with Crippen LogP contribution in [0.3, 0.4) is 0 Å². The molecule has 0 aliphatic carbocycles. The predicted molar refractivity (Wildman–Crippen MR) is 255 cm³/mol. The lowest BCUT2D eigenvalue weighted by molar-refractivity contribution is -0.158. The number of carbonyl (C=O) groups excluding carboxylic acids is 7. The number of likely N-dealkylation sites (tertiary alicyclic amines) is 3. The number of hydrogen-bond acceptors (Lipinski definition) is 10. The third-order valence-corrected chi connectivity index (χ3v) is 12.5. The van der Waals surface area contributed by atoms with Crippen LogP contribution in [-0.4, -0.2) is 111 Å². The van der Waals surface area contributed by atoms with Gasteiger partial charge in [-0.15, -0.1) is 0 Å². The first-order chi connectivity index (χ1) is 31.5. The van der Waals surface area contributed by atoms with Gasteiger partial charge in [-0.3, -0.25) is 24.0 Å². The normalized spacial score (nSPS) is 20.6. The van der Waals surface area contributed by atoms with Crippen LogP contribution in [0.5, 0.6) is 0 Å². The number of nitrogens with one attached hydrogen (secondary N) is 1. The number of aldehydes is 1. The molecule has 2 aromatic carbocycles. The van der Waals surface area contributed by atoms with Crippen molar-refractivity contribution in [1.82, 2.24) is 20.0 Å². The Balaban J connectivity index is 0.000000375. The van der Waals surface area contributed by atoms with E-state index in [2.05, 4.69) is 19.2 Å². The highest BCUT2D eigenvalue weighted by molar-refractivity contribution is 6.63. The molecule has 1 N–H and O–H groups in total. The van der Waals surface area contributed by atoms with Crippen molar-refractivity contribution in [2.75, 3.05) is 26.2 Å². The Morgan fingerprint density at radius 2 is 1.13 bits per heavy atom. The zero-order valence-electron chi connectivity index (χ0n) is 40.2. The summed E-state index contributed by atoms with van der Waals surface area (Å²) in [5.41, 5.74) is 0.661. The fourth-order valence-electron chi connectivity index (χ4n) is 8.61. The van der Waals surface area contributed by atoms with Crippen LogP contribution in [0.1, 0.15) is 125 Å². The summed E-state index contributed by atoms with van der Waals surface area (Å²) in [4.78, 5) is 88.9. The van der Waals surface area contributed by atoms with Crippen LogP contribution >= 0.6 is 11.6 Å². The molecule has 0 radical (unpaired) electrons. The summed E-state index contributed by atoms with van der Waals surface area (Å²) >= 11 is 4.97. The number of halogens is 4. The fraction of sp³-hybridized carbons (Fsp3) is 0.627. The zero-order chi connectivity index (χ0) is 50.1. The third-order valence-electron chi connectivity index (χ3n) is 12.1. The molecule has 0 saturated carbocycles. The molecule has 0 unspecified atom stereocenters. The van der Waals surface area contributed by atoms with Gasteiger partial charge in [-0.05, 0) is 92.5 Å². The van der Waals surface area contributed by atoms with Gasteiger partial charge >= 0.3 is 18.1 Å². The largest absolute Gasteiger partial charge is 0.459 e. The molecule has 4 atom stereocenters. The first-order valence-corrected chi connectivity index (χ1v) is 23.7. The average Bonchev–Trinajstić information content (AvgIpc) is 4.09. The lowest BCUT2D eigenvalue weighted by Crippen LogP contribution is -2.56. The van der Waals surface area contributed by atoms with Crippen LogP contribution in [0.25, 0.3) is 0 Å². The minimum absolute atomic E-state index is 0. The Labute approximate surface area is 406 Å². The highest BCUT2D eigenvalue weighted by Crippen LogP contribution is 2.41. The predicted octanol–water partition coefficient (Wildman–Crippen LogP) is 8.68. The molecule has 6 rings (SSSR count). The van der Waals surface area contributed by atoms with E-state index in [0.717, 1.165) is 43.4 Å². The quantitative estimate of drug-likeness (QED) is 0.110. The van der Waals surface area contributed by atoms with E-state index in [1.807, 2.05) is 88.4 Å². The second-order valence-electron chi connectivity index (χ2n) is 19.0. The Morgan fingerprint density at radius 3 is 1.51 bits per heavy atom. The van der Waals surface area contributed by atoms with Crippen molar-refractivity contribution in [3.8, 4) is 0 Å². The van der Waals surface area contributed by atoms with E-state index >= 15 is 0 Å². The maximum Gasteiger partial charge on any atom is 0.446 e. The summed E-state index contributed by atoms with van der Waals surface area (Å²) in [5, 5.41) is 3.10. The lowest BCUT2D eigenvalue weighted by Gasteiger charge is -2.36. The minimum Gasteiger partial charge on any atom is -0.459 e. The smallest absolute Gasteiger partial charge is 0.446 e. The van der Waals surface area contributed by atoms with Crippen LogP contribution in [0, 0.1) is 23.7 Å². The highest BCUT2D eigenvalue weighted by Gasteiger charge is 2.57.